The third kappa shape index (κ3) is 3.41. The van der Waals surface area contributed by atoms with Gasteiger partial charge in [-0.1, -0.05) is 45.7 Å². The fourth-order valence-corrected chi connectivity index (χ4v) is 3.14. The van der Waals surface area contributed by atoms with Gasteiger partial charge in [-0.2, -0.15) is 0 Å². The minimum absolute atomic E-state index is 0.156. The van der Waals surface area contributed by atoms with Gasteiger partial charge in [-0.15, -0.1) is 0 Å². The van der Waals surface area contributed by atoms with Crippen molar-refractivity contribution in [1.82, 2.24) is 4.90 Å². The highest BCUT2D eigenvalue weighted by molar-refractivity contribution is 6.07. The second-order valence-corrected chi connectivity index (χ2v) is 6.14. The minimum Gasteiger partial charge on any atom is -0.467 e. The van der Waals surface area contributed by atoms with Gasteiger partial charge in [0.1, 0.15) is 5.75 Å². The number of carbonyl (C=O) groups is 2. The van der Waals surface area contributed by atoms with E-state index in [2.05, 4.69) is 13.8 Å². The Morgan fingerprint density at radius 3 is 2.26 bits per heavy atom. The molecule has 0 unspecified atom stereocenters. The van der Waals surface area contributed by atoms with Crippen molar-refractivity contribution in [2.45, 2.75) is 71.4 Å². The summed E-state index contributed by atoms with van der Waals surface area (Å²) < 4.78 is 6.31. The zero-order valence-corrected chi connectivity index (χ0v) is 14.4. The molecule has 2 amide bonds. The number of unbranched alkanes of at least 4 members (excludes halogenated alkanes) is 2. The van der Waals surface area contributed by atoms with Crippen molar-refractivity contribution < 1.29 is 14.3 Å². The van der Waals surface area contributed by atoms with Gasteiger partial charge in [0.15, 0.2) is 5.72 Å². The molecule has 1 aliphatic rings. The molecule has 0 aromatic heterocycles. The van der Waals surface area contributed by atoms with Crippen molar-refractivity contribution in [1.29, 1.82) is 0 Å². The number of amides is 2. The van der Waals surface area contributed by atoms with E-state index in [0.29, 0.717) is 30.6 Å². The molecule has 0 bridgehead atoms. The molecule has 0 atom stereocenters. The summed E-state index contributed by atoms with van der Waals surface area (Å²) in [5, 5.41) is 0. The number of carbonyl (C=O) groups excluding carboxylic acids is 2. The number of imide groups is 1. The molecule has 1 heterocycles. The summed E-state index contributed by atoms with van der Waals surface area (Å²) in [6, 6.07) is 7.23. The van der Waals surface area contributed by atoms with Gasteiger partial charge in [-0.05, 0) is 25.0 Å². The molecule has 0 radical (unpaired) electrons. The highest BCUT2D eigenvalue weighted by Gasteiger charge is 2.48. The average Bonchev–Trinajstić information content (AvgIpc) is 2.58. The molecule has 4 nitrogen and oxygen atoms in total. The Labute approximate surface area is 138 Å². The van der Waals surface area contributed by atoms with Gasteiger partial charge >= 0.3 is 0 Å². The molecule has 0 saturated carbocycles. The first kappa shape index (κ1) is 17.5. The number of hydrogen-bond acceptors (Lipinski definition) is 3. The van der Waals surface area contributed by atoms with E-state index in [1.165, 1.54) is 4.90 Å². The van der Waals surface area contributed by atoms with Gasteiger partial charge in [-0.3, -0.25) is 9.59 Å². The van der Waals surface area contributed by atoms with Crippen LogP contribution in [0, 0.1) is 0 Å². The maximum absolute atomic E-state index is 13.0. The second kappa shape index (κ2) is 7.62. The Hall–Kier alpha value is -1.84. The Bertz CT molecular complexity index is 559. The summed E-state index contributed by atoms with van der Waals surface area (Å²) in [4.78, 5) is 26.9. The summed E-state index contributed by atoms with van der Waals surface area (Å²) in [5.41, 5.74) is -0.345. The van der Waals surface area contributed by atoms with Crippen LogP contribution in [0.15, 0.2) is 24.3 Å². The smallest absolute Gasteiger partial charge is 0.267 e. The molecule has 1 aliphatic heterocycles. The van der Waals surface area contributed by atoms with E-state index >= 15 is 0 Å². The van der Waals surface area contributed by atoms with E-state index in [1.54, 1.807) is 19.1 Å². The van der Waals surface area contributed by atoms with E-state index in [9.17, 15) is 9.59 Å². The van der Waals surface area contributed by atoms with Crippen LogP contribution in [0.3, 0.4) is 0 Å². The topological polar surface area (TPSA) is 46.6 Å². The van der Waals surface area contributed by atoms with E-state index in [1.807, 2.05) is 12.1 Å². The Morgan fingerprint density at radius 1 is 1.09 bits per heavy atom. The zero-order chi connectivity index (χ0) is 16.9. The van der Waals surface area contributed by atoms with Crippen LogP contribution in [0.5, 0.6) is 5.75 Å². The van der Waals surface area contributed by atoms with Crippen molar-refractivity contribution >= 4 is 11.8 Å². The molecule has 1 aromatic rings. The molecule has 4 heteroatoms. The Balaban J connectivity index is 2.50. The number of hydrogen-bond donors (Lipinski definition) is 0. The summed E-state index contributed by atoms with van der Waals surface area (Å²) in [5.74, 6) is 0.229. The molecule has 0 saturated heterocycles. The number of rotatable bonds is 7. The van der Waals surface area contributed by atoms with Crippen molar-refractivity contribution in [3.05, 3.63) is 29.8 Å². The molecule has 0 spiro atoms. The number of benzene rings is 1. The van der Waals surface area contributed by atoms with E-state index in [-0.39, 0.29) is 11.8 Å². The van der Waals surface area contributed by atoms with Crippen LogP contribution in [0.25, 0.3) is 0 Å². The quantitative estimate of drug-likeness (QED) is 0.742. The van der Waals surface area contributed by atoms with Crippen LogP contribution < -0.4 is 4.74 Å². The highest BCUT2D eigenvalue weighted by atomic mass is 16.5. The largest absolute Gasteiger partial charge is 0.467 e. The van der Waals surface area contributed by atoms with Crippen LogP contribution in [0.2, 0.25) is 0 Å². The maximum atomic E-state index is 13.0. The lowest BCUT2D eigenvalue weighted by Gasteiger charge is -2.46. The third-order valence-electron chi connectivity index (χ3n) is 4.42. The van der Waals surface area contributed by atoms with Gasteiger partial charge in [0.05, 0.1) is 5.56 Å². The molecule has 0 fully saturated rings. The fraction of sp³-hybridized carbons (Fsp3) is 0.579. The predicted octanol–water partition coefficient (Wildman–Crippen LogP) is 4.53. The fourth-order valence-electron chi connectivity index (χ4n) is 3.14. The van der Waals surface area contributed by atoms with Gasteiger partial charge in [0, 0.05) is 19.3 Å². The lowest BCUT2D eigenvalue weighted by molar-refractivity contribution is -0.151. The van der Waals surface area contributed by atoms with Crippen LogP contribution in [0.1, 0.15) is 76.1 Å². The molecule has 0 aliphatic carbocycles. The van der Waals surface area contributed by atoms with Crippen LogP contribution >= 0.6 is 0 Å². The molecule has 2 rings (SSSR count). The molecule has 126 valence electrons. The molecule has 1 aromatic carbocycles. The summed E-state index contributed by atoms with van der Waals surface area (Å²) in [6.45, 7) is 6.01. The molecule has 0 N–H and O–H groups in total. The lowest BCUT2D eigenvalue weighted by Crippen LogP contribution is -2.60. The van der Waals surface area contributed by atoms with E-state index in [4.69, 9.17) is 4.74 Å². The third-order valence-corrected chi connectivity index (χ3v) is 4.42. The first-order valence-electron chi connectivity index (χ1n) is 8.75. The zero-order valence-electron chi connectivity index (χ0n) is 14.4. The number of para-hydroxylation sites is 1. The normalized spacial score (nSPS) is 16.0. The van der Waals surface area contributed by atoms with Crippen LogP contribution in [-0.2, 0) is 4.79 Å². The van der Waals surface area contributed by atoms with Crippen LogP contribution in [-0.4, -0.2) is 22.4 Å². The molecular formula is C19H27NO3. The van der Waals surface area contributed by atoms with Crippen molar-refractivity contribution in [2.75, 3.05) is 0 Å². The minimum atomic E-state index is -0.829. The second-order valence-electron chi connectivity index (χ2n) is 6.14. The van der Waals surface area contributed by atoms with Crippen molar-refractivity contribution in [3.8, 4) is 5.75 Å². The maximum Gasteiger partial charge on any atom is 0.267 e. The summed E-state index contributed by atoms with van der Waals surface area (Å²) in [6.07, 6.45) is 5.53. The first-order chi connectivity index (χ1) is 11.1. The van der Waals surface area contributed by atoms with Crippen molar-refractivity contribution in [2.24, 2.45) is 0 Å². The lowest BCUT2D eigenvalue weighted by atomic mass is 9.93. The highest BCUT2D eigenvalue weighted by Crippen LogP contribution is 2.39. The number of nitrogens with zero attached hydrogens (tertiary/aromatic N) is 1. The van der Waals surface area contributed by atoms with E-state index < -0.39 is 5.72 Å². The van der Waals surface area contributed by atoms with E-state index in [0.717, 1.165) is 25.7 Å². The van der Waals surface area contributed by atoms with Gasteiger partial charge in [0.2, 0.25) is 5.91 Å². The monoisotopic (exact) mass is 317 g/mol. The SMILES string of the molecule is CCCCC1(CCCC)Oc2ccccc2C(=O)N1C(=O)CC. The Morgan fingerprint density at radius 2 is 1.70 bits per heavy atom. The summed E-state index contributed by atoms with van der Waals surface area (Å²) >= 11 is 0. The number of ether oxygens (including phenoxy) is 1. The standard InChI is InChI=1S/C19H27NO3/c1-4-7-13-19(14-8-5-2)20(17(21)6-3)18(22)15-11-9-10-12-16(15)23-19/h9-12H,4-8,13-14H2,1-3H3. The van der Waals surface area contributed by atoms with Gasteiger partial charge < -0.3 is 4.74 Å². The average molecular weight is 317 g/mol. The van der Waals surface area contributed by atoms with Gasteiger partial charge in [-0.25, -0.2) is 4.90 Å². The summed E-state index contributed by atoms with van der Waals surface area (Å²) in [7, 11) is 0. The molecule has 23 heavy (non-hydrogen) atoms. The van der Waals surface area contributed by atoms with Crippen LogP contribution in [0.4, 0.5) is 0 Å². The van der Waals surface area contributed by atoms with Gasteiger partial charge in [0.25, 0.3) is 5.91 Å². The van der Waals surface area contributed by atoms with Crippen molar-refractivity contribution in [3.63, 3.8) is 0 Å². The Kier molecular flexibility index (Phi) is 5.80. The number of fused-ring (bicyclic) bond motifs is 1. The predicted molar refractivity (Wildman–Crippen MR) is 90.3 cm³/mol. The first-order valence-corrected chi connectivity index (χ1v) is 8.75. The molecular weight excluding hydrogens is 290 g/mol.